The Balaban J connectivity index is 1.44. The number of hydrogen-bond acceptors (Lipinski definition) is 10. The maximum absolute atomic E-state index is 13.0. The van der Waals surface area contributed by atoms with Crippen LogP contribution in [0, 0.1) is 0 Å². The van der Waals surface area contributed by atoms with Gasteiger partial charge in [0.05, 0.1) is 0 Å². The Morgan fingerprint density at radius 3 is 1.58 bits per heavy atom. The number of hydrogen-bond donors (Lipinski definition) is 2. The number of nitrogens with zero attached hydrogens (tertiary/aromatic N) is 2. The first-order valence-corrected chi connectivity index (χ1v) is 12.0. The molecule has 2 amide bonds. The van der Waals surface area contributed by atoms with Gasteiger partial charge in [0.15, 0.2) is 0 Å². The Morgan fingerprint density at radius 1 is 0.903 bits per heavy atom. The molecule has 0 spiro atoms. The third kappa shape index (κ3) is 3.25. The summed E-state index contributed by atoms with van der Waals surface area (Å²) in [6.07, 6.45) is -0.902. The van der Waals surface area contributed by atoms with E-state index in [2.05, 4.69) is 0 Å². The van der Waals surface area contributed by atoms with E-state index in [1.807, 2.05) is 27.7 Å². The molecule has 0 aromatic rings. The number of carbonyl (C=O) groups excluding carboxylic acids is 4. The van der Waals surface area contributed by atoms with Gasteiger partial charge in [0, 0.05) is 15.9 Å². The van der Waals surface area contributed by atoms with Crippen LogP contribution < -0.4 is 11.5 Å². The van der Waals surface area contributed by atoms with E-state index in [9.17, 15) is 19.2 Å². The Bertz CT molecular complexity index is 785. The van der Waals surface area contributed by atoms with Crippen LogP contribution >= 0.6 is 23.5 Å². The lowest BCUT2D eigenvalue weighted by molar-refractivity contribution is -0.199. The fourth-order valence-corrected chi connectivity index (χ4v) is 7.75. The second-order valence-corrected chi connectivity index (χ2v) is 12.8. The van der Waals surface area contributed by atoms with Gasteiger partial charge < -0.3 is 30.7 Å². The van der Waals surface area contributed by atoms with Crippen LogP contribution in [0.2, 0.25) is 0 Å². The lowest BCUT2D eigenvalue weighted by Crippen LogP contribution is -2.69. The molecule has 4 fully saturated rings. The smallest absolute Gasteiger partial charge is 0.333 e. The molecule has 2 unspecified atom stereocenters. The Kier molecular flexibility index (Phi) is 5.31. The van der Waals surface area contributed by atoms with Gasteiger partial charge in [0.1, 0.15) is 34.9 Å². The molecule has 0 aromatic carbocycles. The topological polar surface area (TPSA) is 145 Å². The van der Waals surface area contributed by atoms with E-state index in [-0.39, 0.29) is 29.0 Å². The molecule has 10 nitrogen and oxygen atoms in total. The Labute approximate surface area is 189 Å². The van der Waals surface area contributed by atoms with Crippen molar-refractivity contribution >= 4 is 47.3 Å². The summed E-state index contributed by atoms with van der Waals surface area (Å²) >= 11 is 2.91. The summed E-state index contributed by atoms with van der Waals surface area (Å²) in [4.78, 5) is 53.3. The van der Waals surface area contributed by atoms with Gasteiger partial charge in [-0.25, -0.2) is 9.59 Å². The van der Waals surface area contributed by atoms with Crippen LogP contribution in [0.1, 0.15) is 41.0 Å². The van der Waals surface area contributed by atoms with Crippen molar-refractivity contribution in [2.75, 3.05) is 0 Å². The van der Waals surface area contributed by atoms with Gasteiger partial charge in [0.2, 0.25) is 18.1 Å². The highest BCUT2D eigenvalue weighted by molar-refractivity contribution is 8.02. The average Bonchev–Trinajstić information content (AvgIpc) is 3.12. The maximum Gasteiger partial charge on any atom is 0.333 e. The van der Waals surface area contributed by atoms with Crippen molar-refractivity contribution in [3.05, 3.63) is 0 Å². The fourth-order valence-electron chi connectivity index (χ4n) is 4.62. The van der Waals surface area contributed by atoms with Crippen molar-refractivity contribution in [1.29, 1.82) is 0 Å². The maximum atomic E-state index is 13.0. The fraction of sp³-hybridized carbons (Fsp3) is 0.789. The molecule has 0 aromatic heterocycles. The molecule has 31 heavy (non-hydrogen) atoms. The number of β-lactam (4-membered cyclic amide) rings is 2. The molecule has 12 heteroatoms. The van der Waals surface area contributed by atoms with Gasteiger partial charge >= 0.3 is 11.9 Å². The highest BCUT2D eigenvalue weighted by Crippen LogP contribution is 2.51. The van der Waals surface area contributed by atoms with Crippen molar-refractivity contribution in [2.45, 2.75) is 91.7 Å². The summed E-state index contributed by atoms with van der Waals surface area (Å²) in [6.45, 7) is 9.13. The van der Waals surface area contributed by atoms with Gasteiger partial charge in [-0.05, 0) is 27.7 Å². The molecule has 4 saturated heterocycles. The van der Waals surface area contributed by atoms with Gasteiger partial charge in [-0.1, -0.05) is 6.92 Å². The molecule has 6 atom stereocenters. The molecule has 4 rings (SSSR count). The van der Waals surface area contributed by atoms with E-state index < -0.39 is 51.9 Å². The van der Waals surface area contributed by atoms with Crippen molar-refractivity contribution < 1.29 is 28.7 Å². The summed E-state index contributed by atoms with van der Waals surface area (Å²) in [5.74, 6) is -1.86. The summed E-state index contributed by atoms with van der Waals surface area (Å²) in [5.41, 5.74) is 11.7. The zero-order chi connectivity index (χ0) is 23.0. The number of thioether (sulfide) groups is 2. The van der Waals surface area contributed by atoms with Gasteiger partial charge in [-0.3, -0.25) is 9.59 Å². The molecule has 4 N–H and O–H groups in total. The molecule has 0 aliphatic carbocycles. The Hall–Kier alpha value is -1.50. The van der Waals surface area contributed by atoms with E-state index in [1.54, 1.807) is 6.92 Å². The van der Waals surface area contributed by atoms with Crippen molar-refractivity contribution in [3.63, 3.8) is 0 Å². The minimum atomic E-state index is -1.13. The number of nitrogens with two attached hydrogens (primary N) is 2. The third-order valence-electron chi connectivity index (χ3n) is 6.24. The van der Waals surface area contributed by atoms with Crippen LogP contribution in [-0.2, 0) is 28.7 Å². The van der Waals surface area contributed by atoms with Crippen LogP contribution in [0.4, 0.5) is 0 Å². The molecule has 0 bridgehead atoms. The average molecular weight is 473 g/mol. The Morgan fingerprint density at radius 2 is 1.26 bits per heavy atom. The van der Waals surface area contributed by atoms with E-state index in [0.29, 0.717) is 0 Å². The summed E-state index contributed by atoms with van der Waals surface area (Å²) < 4.78 is 9.85. The number of esters is 2. The molecule has 0 radical (unpaired) electrons. The van der Waals surface area contributed by atoms with E-state index in [0.717, 1.165) is 0 Å². The lowest BCUT2D eigenvalue weighted by atomic mass is 9.96. The molecule has 4 heterocycles. The van der Waals surface area contributed by atoms with Crippen molar-refractivity contribution in [3.8, 4) is 0 Å². The summed E-state index contributed by atoms with van der Waals surface area (Å²) in [5, 5.41) is -0.532. The predicted molar refractivity (Wildman–Crippen MR) is 114 cm³/mol. The second-order valence-electron chi connectivity index (χ2n) is 9.28. The normalized spacial score (nSPS) is 38.0. The zero-order valence-corrected chi connectivity index (χ0v) is 19.7. The van der Waals surface area contributed by atoms with Crippen LogP contribution in [0.15, 0.2) is 0 Å². The van der Waals surface area contributed by atoms with Crippen molar-refractivity contribution in [2.24, 2.45) is 11.5 Å². The summed E-state index contributed by atoms with van der Waals surface area (Å²) in [6, 6.07) is -2.89. The third-order valence-corrected chi connectivity index (χ3v) is 9.42. The molecule has 172 valence electrons. The van der Waals surface area contributed by atoms with Crippen molar-refractivity contribution in [1.82, 2.24) is 9.80 Å². The zero-order valence-electron chi connectivity index (χ0n) is 18.1. The molecule has 4 aliphatic heterocycles. The van der Waals surface area contributed by atoms with E-state index in [4.69, 9.17) is 20.9 Å². The van der Waals surface area contributed by atoms with Crippen LogP contribution in [-0.4, -0.2) is 84.3 Å². The first-order chi connectivity index (χ1) is 14.3. The highest BCUT2D eigenvalue weighted by atomic mass is 32.2. The second kappa shape index (κ2) is 7.26. The SMILES string of the molecule is CCC(OC(=O)[C@@H]1N2C(=O)C(N)[C@H]2SC1(C)C)OC(=O)[C@@H]1N2C(=O)C(N)[C@H]2SC1(C)C. The quantitative estimate of drug-likeness (QED) is 0.307. The lowest BCUT2D eigenvalue weighted by Gasteiger charge is -2.42. The largest absolute Gasteiger partial charge is 0.424 e. The van der Waals surface area contributed by atoms with Gasteiger partial charge in [-0.2, -0.15) is 0 Å². The number of ether oxygens (including phenoxy) is 2. The molecular weight excluding hydrogens is 444 g/mol. The first kappa shape index (κ1) is 22.7. The highest BCUT2D eigenvalue weighted by Gasteiger charge is 2.64. The standard InChI is InChI=1S/C19H28N4O6S2/c1-6-7(28-16(26)10-18(2,3)30-14-8(20)12(24)22(10)14)29-17(27)11-19(4,5)31-15-9(21)13(25)23(11)15/h7-11,14-15H,6,20-21H2,1-5H3/t7?,8?,9?,10-,11-,14+,15+/m0/s1. The number of amides is 2. The van der Waals surface area contributed by atoms with E-state index >= 15 is 0 Å². The molecule has 0 saturated carbocycles. The molecule has 4 aliphatic rings. The number of fused-ring (bicyclic) bond motifs is 2. The van der Waals surface area contributed by atoms with E-state index in [1.165, 1.54) is 33.3 Å². The molecular formula is C19H28N4O6S2. The van der Waals surface area contributed by atoms with Gasteiger partial charge in [-0.15, -0.1) is 23.5 Å². The van der Waals surface area contributed by atoms with Crippen LogP contribution in [0.25, 0.3) is 0 Å². The van der Waals surface area contributed by atoms with Gasteiger partial charge in [0.25, 0.3) is 0 Å². The minimum Gasteiger partial charge on any atom is -0.424 e. The minimum absolute atomic E-state index is 0.228. The first-order valence-electron chi connectivity index (χ1n) is 10.2. The predicted octanol–water partition coefficient (Wildman–Crippen LogP) is -0.412. The van der Waals surface area contributed by atoms with Crippen LogP contribution in [0.3, 0.4) is 0 Å². The number of carbonyl (C=O) groups is 4. The monoisotopic (exact) mass is 472 g/mol. The number of rotatable bonds is 5. The summed E-state index contributed by atoms with van der Waals surface area (Å²) in [7, 11) is 0. The van der Waals surface area contributed by atoms with Crippen LogP contribution in [0.5, 0.6) is 0 Å².